The number of nitrogens with one attached hydrogen (secondary N) is 2. The maximum atomic E-state index is 12.6. The molecule has 0 bridgehead atoms. The fourth-order valence-electron chi connectivity index (χ4n) is 2.80. The smallest absolute Gasteiger partial charge is 0.408 e. The molecule has 1 unspecified atom stereocenters. The van der Waals surface area contributed by atoms with Crippen molar-refractivity contribution in [3.63, 3.8) is 0 Å². The minimum absolute atomic E-state index is 0.125. The Bertz CT molecular complexity index is 1020. The summed E-state index contributed by atoms with van der Waals surface area (Å²) in [6.07, 6.45) is -0.671. The highest BCUT2D eigenvalue weighted by atomic mass is 16.5. The van der Waals surface area contributed by atoms with Crippen LogP contribution in [0.5, 0.6) is 17.2 Å². The first-order valence-corrected chi connectivity index (χ1v) is 10.3. The number of alkyl carbamates (subject to hydrolysis) is 1. The van der Waals surface area contributed by atoms with E-state index in [0.717, 1.165) is 11.3 Å². The lowest BCUT2D eigenvalue weighted by molar-refractivity contribution is -0.117. The number of rotatable bonds is 9. The summed E-state index contributed by atoms with van der Waals surface area (Å²) in [4.78, 5) is 24.6. The van der Waals surface area contributed by atoms with Gasteiger partial charge in [0.2, 0.25) is 5.91 Å². The Kier molecular flexibility index (Phi) is 8.09. The van der Waals surface area contributed by atoms with Gasteiger partial charge in [-0.15, -0.1) is 0 Å². The second kappa shape index (κ2) is 11.4. The Morgan fingerprint density at radius 2 is 1.53 bits per heavy atom. The molecule has 0 heterocycles. The van der Waals surface area contributed by atoms with Crippen LogP contribution in [0.1, 0.15) is 19.4 Å². The van der Waals surface area contributed by atoms with E-state index in [4.69, 9.17) is 14.2 Å². The van der Waals surface area contributed by atoms with Crippen molar-refractivity contribution in [2.24, 2.45) is 0 Å². The molecule has 0 saturated carbocycles. The van der Waals surface area contributed by atoms with Crippen LogP contribution in [0, 0.1) is 0 Å². The fraction of sp³-hybridized carbons (Fsp3) is 0.200. The summed E-state index contributed by atoms with van der Waals surface area (Å²) >= 11 is 0. The van der Waals surface area contributed by atoms with E-state index < -0.39 is 18.0 Å². The summed E-state index contributed by atoms with van der Waals surface area (Å²) in [5, 5.41) is 5.31. The molecule has 0 fully saturated rings. The quantitative estimate of drug-likeness (QED) is 0.488. The van der Waals surface area contributed by atoms with E-state index >= 15 is 0 Å². The van der Waals surface area contributed by atoms with Crippen molar-refractivity contribution in [2.75, 3.05) is 11.9 Å². The van der Waals surface area contributed by atoms with E-state index in [2.05, 4.69) is 10.6 Å². The van der Waals surface area contributed by atoms with Crippen molar-refractivity contribution in [1.82, 2.24) is 5.32 Å². The minimum Gasteiger partial charge on any atom is -0.494 e. The molecule has 2 amide bonds. The highest BCUT2D eigenvalue weighted by Crippen LogP contribution is 2.30. The van der Waals surface area contributed by atoms with E-state index in [0.29, 0.717) is 23.8 Å². The van der Waals surface area contributed by atoms with Crippen LogP contribution in [0.2, 0.25) is 0 Å². The van der Waals surface area contributed by atoms with E-state index in [1.54, 1.807) is 37.3 Å². The summed E-state index contributed by atoms with van der Waals surface area (Å²) < 4.78 is 16.5. The van der Waals surface area contributed by atoms with Gasteiger partial charge in [0.15, 0.2) is 5.75 Å². The van der Waals surface area contributed by atoms with Crippen LogP contribution < -0.4 is 20.1 Å². The Labute approximate surface area is 187 Å². The van der Waals surface area contributed by atoms with Gasteiger partial charge in [-0.05, 0) is 55.8 Å². The van der Waals surface area contributed by atoms with E-state index in [1.165, 1.54) is 0 Å². The molecule has 32 heavy (non-hydrogen) atoms. The predicted molar refractivity (Wildman–Crippen MR) is 122 cm³/mol. The van der Waals surface area contributed by atoms with Gasteiger partial charge in [-0.3, -0.25) is 4.79 Å². The zero-order valence-electron chi connectivity index (χ0n) is 18.0. The van der Waals surface area contributed by atoms with Crippen LogP contribution in [-0.4, -0.2) is 24.6 Å². The van der Waals surface area contributed by atoms with Gasteiger partial charge in [0.25, 0.3) is 0 Å². The molecule has 1 atom stereocenters. The molecule has 2 N–H and O–H groups in total. The number of benzene rings is 3. The molecular weight excluding hydrogens is 408 g/mol. The highest BCUT2D eigenvalue weighted by molar-refractivity contribution is 5.97. The number of carbonyl (C=O) groups excluding carboxylic acids is 2. The number of para-hydroxylation sites is 2. The summed E-state index contributed by atoms with van der Waals surface area (Å²) in [6, 6.07) is 22.8. The Morgan fingerprint density at radius 3 is 2.25 bits per heavy atom. The van der Waals surface area contributed by atoms with Crippen LogP contribution in [0.25, 0.3) is 0 Å². The molecule has 0 aliphatic carbocycles. The van der Waals surface area contributed by atoms with Crippen molar-refractivity contribution in [2.45, 2.75) is 26.5 Å². The lowest BCUT2D eigenvalue weighted by atomic mass is 10.2. The topological polar surface area (TPSA) is 85.9 Å². The number of hydrogen-bond acceptors (Lipinski definition) is 5. The van der Waals surface area contributed by atoms with Gasteiger partial charge in [0.05, 0.1) is 12.3 Å². The number of hydrogen-bond donors (Lipinski definition) is 2. The maximum Gasteiger partial charge on any atom is 0.408 e. The molecule has 3 rings (SSSR count). The summed E-state index contributed by atoms with van der Waals surface area (Å²) in [5.41, 5.74) is 1.35. The number of carbonyl (C=O) groups is 2. The lowest BCUT2D eigenvalue weighted by Crippen LogP contribution is -2.41. The summed E-state index contributed by atoms with van der Waals surface area (Å²) in [7, 11) is 0. The molecule has 0 radical (unpaired) electrons. The molecule has 0 spiro atoms. The summed E-state index contributed by atoms with van der Waals surface area (Å²) in [5.74, 6) is 1.43. The standard InChI is InChI=1S/C25H26N2O5/c1-3-30-20-13-15-21(16-14-20)32-23-12-8-7-11-22(23)27-24(28)18(2)26-25(29)31-17-19-9-5-4-6-10-19/h4-16,18H,3,17H2,1-2H3,(H,26,29)(H,27,28). The zero-order valence-corrected chi connectivity index (χ0v) is 18.0. The second-order valence-corrected chi connectivity index (χ2v) is 6.92. The number of amides is 2. The normalized spacial score (nSPS) is 11.2. The fourth-order valence-corrected chi connectivity index (χ4v) is 2.80. The van der Waals surface area contributed by atoms with Gasteiger partial charge < -0.3 is 24.8 Å². The third kappa shape index (κ3) is 6.77. The molecule has 7 nitrogen and oxygen atoms in total. The maximum absolute atomic E-state index is 12.6. The number of anilines is 1. The average Bonchev–Trinajstić information content (AvgIpc) is 2.81. The van der Waals surface area contributed by atoms with Gasteiger partial charge in [-0.25, -0.2) is 4.79 Å². The summed E-state index contributed by atoms with van der Waals surface area (Å²) in [6.45, 7) is 4.21. The SMILES string of the molecule is CCOc1ccc(Oc2ccccc2NC(=O)C(C)NC(=O)OCc2ccccc2)cc1. The van der Waals surface area contributed by atoms with Gasteiger partial charge >= 0.3 is 6.09 Å². The largest absolute Gasteiger partial charge is 0.494 e. The van der Waals surface area contributed by atoms with Crippen molar-refractivity contribution in [3.8, 4) is 17.2 Å². The van der Waals surface area contributed by atoms with Crippen LogP contribution in [0.15, 0.2) is 78.9 Å². The first-order chi connectivity index (χ1) is 15.5. The third-order valence-corrected chi connectivity index (χ3v) is 4.45. The predicted octanol–water partition coefficient (Wildman–Crippen LogP) is 5.13. The molecule has 0 aromatic heterocycles. The van der Waals surface area contributed by atoms with Gasteiger partial charge in [0.1, 0.15) is 24.1 Å². The average molecular weight is 434 g/mol. The monoisotopic (exact) mass is 434 g/mol. The van der Waals surface area contributed by atoms with Crippen molar-refractivity contribution in [3.05, 3.63) is 84.4 Å². The highest BCUT2D eigenvalue weighted by Gasteiger charge is 2.18. The zero-order chi connectivity index (χ0) is 22.8. The van der Waals surface area contributed by atoms with Crippen LogP contribution in [-0.2, 0) is 16.1 Å². The lowest BCUT2D eigenvalue weighted by Gasteiger charge is -2.16. The first-order valence-electron chi connectivity index (χ1n) is 10.3. The molecule has 0 aliphatic rings. The first kappa shape index (κ1) is 22.7. The van der Waals surface area contributed by atoms with Crippen molar-refractivity contribution in [1.29, 1.82) is 0 Å². The minimum atomic E-state index is -0.809. The molecular formula is C25H26N2O5. The van der Waals surface area contributed by atoms with E-state index in [9.17, 15) is 9.59 Å². The second-order valence-electron chi connectivity index (χ2n) is 6.92. The molecule has 166 valence electrons. The van der Waals surface area contributed by atoms with Crippen LogP contribution in [0.3, 0.4) is 0 Å². The molecule has 0 saturated heterocycles. The molecule has 3 aromatic carbocycles. The Balaban J connectivity index is 1.55. The van der Waals surface area contributed by atoms with Gasteiger partial charge in [-0.2, -0.15) is 0 Å². The molecule has 7 heteroatoms. The van der Waals surface area contributed by atoms with E-state index in [1.807, 2.05) is 55.5 Å². The molecule has 3 aromatic rings. The van der Waals surface area contributed by atoms with E-state index in [-0.39, 0.29) is 6.61 Å². The Morgan fingerprint density at radius 1 is 0.875 bits per heavy atom. The van der Waals surface area contributed by atoms with Gasteiger partial charge in [-0.1, -0.05) is 42.5 Å². The van der Waals surface area contributed by atoms with Crippen molar-refractivity contribution < 1.29 is 23.8 Å². The number of ether oxygens (including phenoxy) is 3. The van der Waals surface area contributed by atoms with Crippen molar-refractivity contribution >= 4 is 17.7 Å². The van der Waals surface area contributed by atoms with Gasteiger partial charge in [0, 0.05) is 0 Å². The third-order valence-electron chi connectivity index (χ3n) is 4.45. The van der Waals surface area contributed by atoms with Crippen LogP contribution >= 0.6 is 0 Å². The molecule has 0 aliphatic heterocycles. The Hall–Kier alpha value is -4.00. The van der Waals surface area contributed by atoms with Crippen LogP contribution in [0.4, 0.5) is 10.5 Å².